The van der Waals surface area contributed by atoms with Crippen LogP contribution in [-0.2, 0) is 11.3 Å². The Morgan fingerprint density at radius 3 is 2.63 bits per heavy atom. The molecule has 2 rings (SSSR count). The van der Waals surface area contributed by atoms with Gasteiger partial charge in [0.05, 0.1) is 0 Å². The Hall–Kier alpha value is -2.17. The van der Waals surface area contributed by atoms with E-state index in [4.69, 9.17) is 4.52 Å². The minimum Gasteiger partial charge on any atom is -0.352 e. The third-order valence-corrected chi connectivity index (χ3v) is 2.71. The summed E-state index contributed by atoms with van der Waals surface area (Å²) < 4.78 is 4.94. The normalized spacial score (nSPS) is 10.4. The van der Waals surface area contributed by atoms with Gasteiger partial charge in [0.15, 0.2) is 0 Å². The van der Waals surface area contributed by atoms with Gasteiger partial charge in [-0.15, -0.1) is 0 Å². The Balaban J connectivity index is 1.97. The number of nitrogens with one attached hydrogen (secondary N) is 1. The zero-order chi connectivity index (χ0) is 13.7. The predicted octanol–water partition coefficient (Wildman–Crippen LogP) is 2.46. The van der Waals surface area contributed by atoms with Crippen molar-refractivity contribution >= 4 is 5.91 Å². The number of rotatable bonds is 5. The van der Waals surface area contributed by atoms with Crippen molar-refractivity contribution < 1.29 is 9.32 Å². The highest BCUT2D eigenvalue weighted by Gasteiger charge is 2.05. The molecule has 0 atom stereocenters. The molecule has 100 valence electrons. The van der Waals surface area contributed by atoms with Gasteiger partial charge >= 0.3 is 0 Å². The minimum atomic E-state index is 0.0837. The third-order valence-electron chi connectivity index (χ3n) is 2.71. The number of nitrogens with zero attached hydrogens (tertiary/aromatic N) is 2. The Morgan fingerprint density at radius 1 is 1.32 bits per heavy atom. The fourth-order valence-corrected chi connectivity index (χ4v) is 1.70. The lowest BCUT2D eigenvalue weighted by Gasteiger charge is -2.04. The van der Waals surface area contributed by atoms with E-state index in [1.165, 1.54) is 0 Å². The third kappa shape index (κ3) is 3.64. The SMILES string of the molecule is CCCC(=O)NCc1ccc(-c2noc(C)n2)cc1. The molecule has 1 heterocycles. The van der Waals surface area contributed by atoms with Gasteiger partial charge in [0.25, 0.3) is 0 Å². The molecule has 5 nitrogen and oxygen atoms in total. The van der Waals surface area contributed by atoms with Gasteiger partial charge in [-0.2, -0.15) is 4.98 Å². The molecule has 1 aromatic heterocycles. The van der Waals surface area contributed by atoms with Crippen LogP contribution in [0.5, 0.6) is 0 Å². The molecule has 19 heavy (non-hydrogen) atoms. The number of aryl methyl sites for hydroxylation is 1. The van der Waals surface area contributed by atoms with Gasteiger partial charge in [0, 0.05) is 25.5 Å². The lowest BCUT2D eigenvalue weighted by Crippen LogP contribution is -2.21. The fourth-order valence-electron chi connectivity index (χ4n) is 1.70. The maximum atomic E-state index is 11.4. The number of hydrogen-bond acceptors (Lipinski definition) is 4. The van der Waals surface area contributed by atoms with E-state index in [0.717, 1.165) is 17.5 Å². The smallest absolute Gasteiger partial charge is 0.223 e. The molecule has 0 saturated heterocycles. The van der Waals surface area contributed by atoms with Gasteiger partial charge in [0.2, 0.25) is 17.6 Å². The number of amides is 1. The van der Waals surface area contributed by atoms with E-state index >= 15 is 0 Å². The zero-order valence-corrected chi connectivity index (χ0v) is 11.1. The second kappa shape index (κ2) is 6.13. The van der Waals surface area contributed by atoms with E-state index in [9.17, 15) is 4.79 Å². The first-order valence-corrected chi connectivity index (χ1v) is 6.35. The fraction of sp³-hybridized carbons (Fsp3) is 0.357. The van der Waals surface area contributed by atoms with Crippen molar-refractivity contribution in [3.63, 3.8) is 0 Å². The monoisotopic (exact) mass is 259 g/mol. The Labute approximate surface area is 112 Å². The van der Waals surface area contributed by atoms with E-state index in [1.807, 2.05) is 31.2 Å². The Morgan fingerprint density at radius 2 is 2.05 bits per heavy atom. The van der Waals surface area contributed by atoms with Crippen molar-refractivity contribution in [2.45, 2.75) is 33.2 Å². The number of carbonyl (C=O) groups is 1. The second-order valence-corrected chi connectivity index (χ2v) is 4.36. The summed E-state index contributed by atoms with van der Waals surface area (Å²) >= 11 is 0. The summed E-state index contributed by atoms with van der Waals surface area (Å²) in [6.45, 7) is 4.29. The summed E-state index contributed by atoms with van der Waals surface area (Å²) in [6.07, 6.45) is 1.43. The molecule has 0 aliphatic rings. The number of carbonyl (C=O) groups excluding carboxylic acids is 1. The molecule has 5 heteroatoms. The predicted molar refractivity (Wildman–Crippen MR) is 71.2 cm³/mol. The van der Waals surface area contributed by atoms with E-state index in [2.05, 4.69) is 15.5 Å². The molecule has 0 fully saturated rings. The first-order valence-electron chi connectivity index (χ1n) is 6.35. The lowest BCUT2D eigenvalue weighted by molar-refractivity contribution is -0.121. The van der Waals surface area contributed by atoms with E-state index < -0.39 is 0 Å². The summed E-state index contributed by atoms with van der Waals surface area (Å²) in [5, 5.41) is 6.73. The summed E-state index contributed by atoms with van der Waals surface area (Å²) in [7, 11) is 0. The summed E-state index contributed by atoms with van der Waals surface area (Å²) in [6, 6.07) is 7.75. The second-order valence-electron chi connectivity index (χ2n) is 4.36. The van der Waals surface area contributed by atoms with Crippen LogP contribution in [0.3, 0.4) is 0 Å². The van der Waals surface area contributed by atoms with Crippen molar-refractivity contribution in [2.24, 2.45) is 0 Å². The molecule has 1 aromatic carbocycles. The van der Waals surface area contributed by atoms with E-state index in [0.29, 0.717) is 24.7 Å². The number of hydrogen-bond donors (Lipinski definition) is 1. The van der Waals surface area contributed by atoms with Gasteiger partial charge in [-0.1, -0.05) is 36.3 Å². The summed E-state index contributed by atoms with van der Waals surface area (Å²) in [5.74, 6) is 1.21. The molecule has 1 N–H and O–H groups in total. The van der Waals surface area contributed by atoms with Gasteiger partial charge < -0.3 is 9.84 Å². The van der Waals surface area contributed by atoms with Crippen LogP contribution in [0.25, 0.3) is 11.4 Å². The van der Waals surface area contributed by atoms with Crippen molar-refractivity contribution in [2.75, 3.05) is 0 Å². The standard InChI is InChI=1S/C14H17N3O2/c1-3-4-13(18)15-9-11-5-7-12(8-6-11)14-16-10(2)19-17-14/h5-8H,3-4,9H2,1-2H3,(H,15,18). The van der Waals surface area contributed by atoms with Crippen molar-refractivity contribution in [3.05, 3.63) is 35.7 Å². The summed E-state index contributed by atoms with van der Waals surface area (Å²) in [5.41, 5.74) is 1.95. The van der Waals surface area contributed by atoms with Crippen LogP contribution in [0.15, 0.2) is 28.8 Å². The molecular formula is C14H17N3O2. The first-order chi connectivity index (χ1) is 9.19. The van der Waals surface area contributed by atoms with Crippen LogP contribution >= 0.6 is 0 Å². The Kier molecular flexibility index (Phi) is 4.28. The molecule has 0 unspecified atom stereocenters. The number of benzene rings is 1. The maximum Gasteiger partial charge on any atom is 0.223 e. The molecule has 0 spiro atoms. The zero-order valence-electron chi connectivity index (χ0n) is 11.1. The van der Waals surface area contributed by atoms with Crippen molar-refractivity contribution in [1.29, 1.82) is 0 Å². The molecule has 0 bridgehead atoms. The van der Waals surface area contributed by atoms with Gasteiger partial charge in [-0.25, -0.2) is 0 Å². The molecule has 0 radical (unpaired) electrons. The van der Waals surface area contributed by atoms with E-state index in [-0.39, 0.29) is 5.91 Å². The quantitative estimate of drug-likeness (QED) is 0.895. The van der Waals surface area contributed by atoms with Crippen LogP contribution in [-0.4, -0.2) is 16.0 Å². The van der Waals surface area contributed by atoms with E-state index in [1.54, 1.807) is 6.92 Å². The maximum absolute atomic E-state index is 11.4. The Bertz CT molecular complexity index is 546. The average Bonchev–Trinajstić information content (AvgIpc) is 2.84. The molecule has 0 aliphatic carbocycles. The van der Waals surface area contributed by atoms with Crippen LogP contribution in [0, 0.1) is 6.92 Å². The highest BCUT2D eigenvalue weighted by atomic mass is 16.5. The lowest BCUT2D eigenvalue weighted by atomic mass is 10.1. The largest absolute Gasteiger partial charge is 0.352 e. The van der Waals surface area contributed by atoms with Gasteiger partial charge in [0.1, 0.15) is 0 Å². The molecule has 1 amide bonds. The minimum absolute atomic E-state index is 0.0837. The van der Waals surface area contributed by atoms with Crippen molar-refractivity contribution in [1.82, 2.24) is 15.5 Å². The molecule has 0 aliphatic heterocycles. The van der Waals surface area contributed by atoms with Crippen LogP contribution in [0.1, 0.15) is 31.2 Å². The summed E-state index contributed by atoms with van der Waals surface area (Å²) in [4.78, 5) is 15.5. The van der Waals surface area contributed by atoms with Crippen LogP contribution in [0.4, 0.5) is 0 Å². The van der Waals surface area contributed by atoms with Crippen LogP contribution < -0.4 is 5.32 Å². The number of aromatic nitrogens is 2. The first kappa shape index (κ1) is 13.3. The van der Waals surface area contributed by atoms with Gasteiger partial charge in [-0.3, -0.25) is 4.79 Å². The molecule has 0 saturated carbocycles. The van der Waals surface area contributed by atoms with Crippen molar-refractivity contribution in [3.8, 4) is 11.4 Å². The highest BCUT2D eigenvalue weighted by Crippen LogP contribution is 2.16. The topological polar surface area (TPSA) is 68.0 Å². The van der Waals surface area contributed by atoms with Gasteiger partial charge in [-0.05, 0) is 12.0 Å². The average molecular weight is 259 g/mol. The van der Waals surface area contributed by atoms with Crippen LogP contribution in [0.2, 0.25) is 0 Å². The molecule has 2 aromatic rings. The molecular weight excluding hydrogens is 242 g/mol. The highest BCUT2D eigenvalue weighted by molar-refractivity contribution is 5.75.